The molecule has 1 unspecified atom stereocenters. The SMILES string of the molecule is Cc1cccc(NC(C)c2nccnc2C)c1Cl. The Morgan fingerprint density at radius 1 is 1.17 bits per heavy atom. The van der Waals surface area contributed by atoms with E-state index in [1.54, 1.807) is 12.4 Å². The fourth-order valence-corrected chi connectivity index (χ4v) is 2.08. The Labute approximate surface area is 112 Å². The number of hydrogen-bond acceptors (Lipinski definition) is 3. The molecule has 4 heteroatoms. The van der Waals surface area contributed by atoms with Crippen molar-refractivity contribution in [3.05, 3.63) is 52.6 Å². The van der Waals surface area contributed by atoms with E-state index in [0.717, 1.165) is 27.7 Å². The number of aryl methyl sites for hydroxylation is 2. The van der Waals surface area contributed by atoms with Gasteiger partial charge in [-0.3, -0.25) is 9.97 Å². The molecule has 1 heterocycles. The van der Waals surface area contributed by atoms with Gasteiger partial charge < -0.3 is 5.32 Å². The van der Waals surface area contributed by atoms with Crippen molar-refractivity contribution < 1.29 is 0 Å². The van der Waals surface area contributed by atoms with Gasteiger partial charge in [-0.05, 0) is 32.4 Å². The lowest BCUT2D eigenvalue weighted by atomic mass is 10.1. The third kappa shape index (κ3) is 2.62. The number of benzene rings is 1. The number of nitrogens with zero attached hydrogens (tertiary/aromatic N) is 2. The lowest BCUT2D eigenvalue weighted by Crippen LogP contribution is -2.11. The summed E-state index contributed by atoms with van der Waals surface area (Å²) in [4.78, 5) is 8.60. The number of nitrogens with one attached hydrogen (secondary N) is 1. The van der Waals surface area contributed by atoms with Crippen LogP contribution in [0, 0.1) is 13.8 Å². The number of hydrogen-bond donors (Lipinski definition) is 1. The Hall–Kier alpha value is -1.61. The standard InChI is InChI=1S/C14H16ClN3/c1-9-5-4-6-12(13(9)15)18-11(3)14-10(2)16-7-8-17-14/h4-8,11,18H,1-3H3. The molecule has 0 saturated heterocycles. The third-order valence-corrected chi connectivity index (χ3v) is 3.39. The Morgan fingerprint density at radius 3 is 2.61 bits per heavy atom. The van der Waals surface area contributed by atoms with Crippen LogP contribution in [0.1, 0.15) is 29.9 Å². The molecule has 0 radical (unpaired) electrons. The van der Waals surface area contributed by atoms with E-state index in [2.05, 4.69) is 22.2 Å². The highest BCUT2D eigenvalue weighted by molar-refractivity contribution is 6.34. The number of halogens is 1. The van der Waals surface area contributed by atoms with Crippen molar-refractivity contribution in [1.82, 2.24) is 9.97 Å². The summed E-state index contributed by atoms with van der Waals surface area (Å²) in [6, 6.07) is 6.02. The summed E-state index contributed by atoms with van der Waals surface area (Å²) in [6.45, 7) is 6.00. The minimum atomic E-state index is 0.0676. The Morgan fingerprint density at radius 2 is 1.89 bits per heavy atom. The van der Waals surface area contributed by atoms with Gasteiger partial charge in [-0.15, -0.1) is 0 Å². The van der Waals surface area contributed by atoms with Crippen molar-refractivity contribution in [2.45, 2.75) is 26.8 Å². The van der Waals surface area contributed by atoms with Crippen LogP contribution in [0.15, 0.2) is 30.6 Å². The molecule has 1 aromatic carbocycles. The van der Waals surface area contributed by atoms with Crippen LogP contribution in [0.3, 0.4) is 0 Å². The molecular formula is C14H16ClN3. The minimum Gasteiger partial charge on any atom is -0.376 e. The third-order valence-electron chi connectivity index (χ3n) is 2.89. The normalized spacial score (nSPS) is 12.2. The van der Waals surface area contributed by atoms with Crippen LogP contribution in [0.5, 0.6) is 0 Å². The molecule has 0 amide bonds. The van der Waals surface area contributed by atoms with Crippen molar-refractivity contribution in [2.24, 2.45) is 0 Å². The molecule has 1 aromatic heterocycles. The van der Waals surface area contributed by atoms with Gasteiger partial charge in [-0.25, -0.2) is 0 Å². The van der Waals surface area contributed by atoms with Gasteiger partial charge in [-0.1, -0.05) is 23.7 Å². The van der Waals surface area contributed by atoms with E-state index in [-0.39, 0.29) is 6.04 Å². The molecule has 3 nitrogen and oxygen atoms in total. The van der Waals surface area contributed by atoms with Crippen LogP contribution in [-0.4, -0.2) is 9.97 Å². The first-order valence-electron chi connectivity index (χ1n) is 5.88. The van der Waals surface area contributed by atoms with Gasteiger partial charge in [0, 0.05) is 12.4 Å². The molecule has 18 heavy (non-hydrogen) atoms. The molecule has 1 atom stereocenters. The number of rotatable bonds is 3. The van der Waals surface area contributed by atoms with E-state index in [4.69, 9.17) is 11.6 Å². The molecule has 2 aromatic rings. The largest absolute Gasteiger partial charge is 0.376 e. The zero-order valence-corrected chi connectivity index (χ0v) is 11.5. The van der Waals surface area contributed by atoms with E-state index in [9.17, 15) is 0 Å². The molecule has 0 fully saturated rings. The predicted octanol–water partition coefficient (Wildman–Crippen LogP) is 3.92. The fraction of sp³-hybridized carbons (Fsp3) is 0.286. The zero-order valence-electron chi connectivity index (χ0n) is 10.7. The van der Waals surface area contributed by atoms with E-state index in [0.29, 0.717) is 0 Å². The quantitative estimate of drug-likeness (QED) is 0.910. The van der Waals surface area contributed by atoms with Crippen LogP contribution in [0.2, 0.25) is 5.02 Å². The first-order valence-corrected chi connectivity index (χ1v) is 6.26. The highest BCUT2D eigenvalue weighted by atomic mass is 35.5. The zero-order chi connectivity index (χ0) is 13.1. The fourth-order valence-electron chi connectivity index (χ4n) is 1.90. The van der Waals surface area contributed by atoms with Gasteiger partial charge in [0.2, 0.25) is 0 Å². The van der Waals surface area contributed by atoms with E-state index < -0.39 is 0 Å². The summed E-state index contributed by atoms with van der Waals surface area (Å²) in [5.41, 5.74) is 3.86. The summed E-state index contributed by atoms with van der Waals surface area (Å²) in [5.74, 6) is 0. The maximum atomic E-state index is 6.27. The molecule has 0 aliphatic carbocycles. The number of aromatic nitrogens is 2. The van der Waals surface area contributed by atoms with Crippen LogP contribution in [0.25, 0.3) is 0 Å². The average Bonchev–Trinajstić information content (AvgIpc) is 2.35. The van der Waals surface area contributed by atoms with Crippen molar-refractivity contribution in [3.63, 3.8) is 0 Å². The summed E-state index contributed by atoms with van der Waals surface area (Å²) in [6.07, 6.45) is 3.41. The molecule has 0 bridgehead atoms. The molecule has 1 N–H and O–H groups in total. The van der Waals surface area contributed by atoms with Gasteiger partial charge in [0.15, 0.2) is 0 Å². The molecule has 2 rings (SSSR count). The van der Waals surface area contributed by atoms with Gasteiger partial charge >= 0.3 is 0 Å². The first-order chi connectivity index (χ1) is 8.59. The molecular weight excluding hydrogens is 246 g/mol. The van der Waals surface area contributed by atoms with E-state index in [1.165, 1.54) is 0 Å². The van der Waals surface area contributed by atoms with E-state index in [1.807, 2.05) is 32.0 Å². The first kappa shape index (κ1) is 12.8. The van der Waals surface area contributed by atoms with Gasteiger partial charge in [-0.2, -0.15) is 0 Å². The molecule has 0 aliphatic heterocycles. The van der Waals surface area contributed by atoms with Crippen LogP contribution < -0.4 is 5.32 Å². The lowest BCUT2D eigenvalue weighted by Gasteiger charge is -2.17. The van der Waals surface area contributed by atoms with Crippen LogP contribution in [0.4, 0.5) is 5.69 Å². The Kier molecular flexibility index (Phi) is 3.82. The second-order valence-electron chi connectivity index (χ2n) is 4.33. The molecule has 94 valence electrons. The van der Waals surface area contributed by atoms with Gasteiger partial charge in [0.05, 0.1) is 28.1 Å². The van der Waals surface area contributed by atoms with Crippen molar-refractivity contribution in [3.8, 4) is 0 Å². The van der Waals surface area contributed by atoms with Crippen molar-refractivity contribution in [2.75, 3.05) is 5.32 Å². The summed E-state index contributed by atoms with van der Waals surface area (Å²) >= 11 is 6.27. The van der Waals surface area contributed by atoms with Crippen LogP contribution >= 0.6 is 11.6 Å². The summed E-state index contributed by atoms with van der Waals surface area (Å²) < 4.78 is 0. The lowest BCUT2D eigenvalue weighted by molar-refractivity contribution is 0.810. The maximum Gasteiger partial charge on any atom is 0.0835 e. The highest BCUT2D eigenvalue weighted by Crippen LogP contribution is 2.28. The van der Waals surface area contributed by atoms with E-state index >= 15 is 0 Å². The van der Waals surface area contributed by atoms with Crippen LogP contribution in [-0.2, 0) is 0 Å². The number of anilines is 1. The molecule has 0 saturated carbocycles. The highest BCUT2D eigenvalue weighted by Gasteiger charge is 2.12. The second-order valence-corrected chi connectivity index (χ2v) is 4.71. The van der Waals surface area contributed by atoms with Crippen molar-refractivity contribution >= 4 is 17.3 Å². The van der Waals surface area contributed by atoms with Gasteiger partial charge in [0.1, 0.15) is 0 Å². The monoisotopic (exact) mass is 261 g/mol. The predicted molar refractivity (Wildman–Crippen MR) is 75.0 cm³/mol. The topological polar surface area (TPSA) is 37.8 Å². The maximum absolute atomic E-state index is 6.27. The second kappa shape index (κ2) is 5.36. The summed E-state index contributed by atoms with van der Waals surface area (Å²) in [5, 5.41) is 4.13. The Balaban J connectivity index is 2.24. The smallest absolute Gasteiger partial charge is 0.0835 e. The molecule has 0 spiro atoms. The molecule has 0 aliphatic rings. The summed E-state index contributed by atoms with van der Waals surface area (Å²) in [7, 11) is 0. The average molecular weight is 262 g/mol. The van der Waals surface area contributed by atoms with Gasteiger partial charge in [0.25, 0.3) is 0 Å². The minimum absolute atomic E-state index is 0.0676. The Bertz CT molecular complexity index is 554. The van der Waals surface area contributed by atoms with Crippen molar-refractivity contribution in [1.29, 1.82) is 0 Å².